The average Bonchev–Trinajstić information content (AvgIpc) is 2.86. The van der Waals surface area contributed by atoms with E-state index in [1.807, 2.05) is 0 Å². The van der Waals surface area contributed by atoms with Crippen LogP contribution in [-0.2, 0) is 6.42 Å². The molecule has 5 nitrogen and oxygen atoms in total. The summed E-state index contributed by atoms with van der Waals surface area (Å²) in [5.41, 5.74) is 5.28. The molecule has 0 amide bonds. The first-order valence-electron chi connectivity index (χ1n) is 10.4. The second-order valence-electron chi connectivity index (χ2n) is 7.93. The van der Waals surface area contributed by atoms with Gasteiger partial charge in [0.2, 0.25) is 0 Å². The highest BCUT2D eigenvalue weighted by Crippen LogP contribution is 2.40. The fourth-order valence-corrected chi connectivity index (χ4v) is 4.18. The van der Waals surface area contributed by atoms with E-state index in [1.165, 1.54) is 30.6 Å². The summed E-state index contributed by atoms with van der Waals surface area (Å²) >= 11 is 0. The Morgan fingerprint density at radius 1 is 0.935 bits per heavy atom. The Morgan fingerprint density at radius 2 is 1.58 bits per heavy atom. The Labute approximate surface area is 178 Å². The number of rotatable bonds is 4. The Hall–Kier alpha value is -3.48. The predicted octanol–water partition coefficient (Wildman–Crippen LogP) is 5.54. The van der Waals surface area contributed by atoms with Crippen LogP contribution in [0.1, 0.15) is 37.8 Å². The van der Waals surface area contributed by atoms with Crippen molar-refractivity contribution in [2.45, 2.75) is 39.2 Å². The van der Waals surface area contributed by atoms with Crippen molar-refractivity contribution in [1.29, 1.82) is 0 Å². The third-order valence-electron chi connectivity index (χ3n) is 5.60. The van der Waals surface area contributed by atoms with Gasteiger partial charge in [0.1, 0.15) is 18.0 Å². The number of nitrogens with zero attached hydrogens (tertiary/aromatic N) is 4. The number of hydrogen-bond donors (Lipinski definition) is 1. The number of anilines is 1. The quantitative estimate of drug-likeness (QED) is 0.416. The third-order valence-corrected chi connectivity index (χ3v) is 5.60. The molecule has 1 unspecified atom stereocenters. The van der Waals surface area contributed by atoms with Crippen LogP contribution >= 0.6 is 0 Å². The van der Waals surface area contributed by atoms with Crippen molar-refractivity contribution in [2.75, 3.05) is 5.32 Å². The van der Waals surface area contributed by atoms with Gasteiger partial charge in [-0.2, -0.15) is 0 Å². The Balaban J connectivity index is 1.79. The van der Waals surface area contributed by atoms with E-state index in [-0.39, 0.29) is 17.7 Å². The molecule has 0 radical (unpaired) electrons. The van der Waals surface area contributed by atoms with E-state index in [1.54, 1.807) is 12.1 Å². The van der Waals surface area contributed by atoms with Crippen LogP contribution in [-0.4, -0.2) is 26.0 Å². The maximum absolute atomic E-state index is 14.1. The Kier molecular flexibility index (Phi) is 4.81. The zero-order valence-corrected chi connectivity index (χ0v) is 17.3. The van der Waals surface area contributed by atoms with E-state index in [9.17, 15) is 8.78 Å². The summed E-state index contributed by atoms with van der Waals surface area (Å²) in [6.07, 6.45) is 3.89. The SMILES string of the molecule is CCCC(C)Nc1ncnc2nc3c(nc12)-c1ccc(F)cc1Cc1cc(F)ccc1-3. The van der Waals surface area contributed by atoms with E-state index in [4.69, 9.17) is 9.97 Å². The lowest BCUT2D eigenvalue weighted by Crippen LogP contribution is -2.16. The largest absolute Gasteiger partial charge is 0.366 e. The van der Waals surface area contributed by atoms with Gasteiger partial charge in [0, 0.05) is 17.2 Å². The molecule has 1 aliphatic rings. The highest BCUT2D eigenvalue weighted by Gasteiger charge is 2.24. The lowest BCUT2D eigenvalue weighted by atomic mass is 9.99. The van der Waals surface area contributed by atoms with Crippen molar-refractivity contribution in [3.05, 3.63) is 65.5 Å². The zero-order valence-electron chi connectivity index (χ0n) is 17.3. The van der Waals surface area contributed by atoms with Crippen LogP contribution in [0.4, 0.5) is 14.6 Å². The maximum atomic E-state index is 14.1. The molecule has 7 heteroatoms. The minimum atomic E-state index is -0.340. The molecule has 0 saturated carbocycles. The molecule has 1 atom stereocenters. The van der Waals surface area contributed by atoms with Gasteiger partial charge in [-0.3, -0.25) is 0 Å². The Morgan fingerprint density at radius 3 is 2.23 bits per heavy atom. The fraction of sp³-hybridized carbons (Fsp3) is 0.250. The Bertz CT molecular complexity index is 1300. The summed E-state index contributed by atoms with van der Waals surface area (Å²) in [5, 5.41) is 3.40. The summed E-state index contributed by atoms with van der Waals surface area (Å²) in [4.78, 5) is 18.5. The van der Waals surface area contributed by atoms with Crippen molar-refractivity contribution < 1.29 is 8.78 Å². The smallest absolute Gasteiger partial charge is 0.184 e. The van der Waals surface area contributed by atoms with Crippen molar-refractivity contribution in [3.63, 3.8) is 0 Å². The van der Waals surface area contributed by atoms with Crippen molar-refractivity contribution in [2.24, 2.45) is 0 Å². The van der Waals surface area contributed by atoms with Crippen molar-refractivity contribution in [3.8, 4) is 22.5 Å². The van der Waals surface area contributed by atoms with Gasteiger partial charge in [0.05, 0.1) is 11.4 Å². The molecule has 1 aliphatic carbocycles. The van der Waals surface area contributed by atoms with E-state index >= 15 is 0 Å². The lowest BCUT2D eigenvalue weighted by molar-refractivity contribution is 0.624. The number of halogens is 2. The summed E-state index contributed by atoms with van der Waals surface area (Å²) in [5.74, 6) is -0.0610. The van der Waals surface area contributed by atoms with Gasteiger partial charge in [-0.05, 0) is 67.3 Å². The number of nitrogens with one attached hydrogen (secondary N) is 1. The summed E-state index contributed by atoms with van der Waals surface area (Å²) in [7, 11) is 0. The lowest BCUT2D eigenvalue weighted by Gasteiger charge is -2.16. The second-order valence-corrected chi connectivity index (χ2v) is 7.93. The highest BCUT2D eigenvalue weighted by molar-refractivity contribution is 5.91. The van der Waals surface area contributed by atoms with Gasteiger partial charge in [-0.1, -0.05) is 13.3 Å². The average molecular weight is 417 g/mol. The maximum Gasteiger partial charge on any atom is 0.184 e. The zero-order chi connectivity index (χ0) is 21.5. The van der Waals surface area contributed by atoms with Crippen LogP contribution in [0.25, 0.3) is 33.7 Å². The van der Waals surface area contributed by atoms with E-state index in [0.29, 0.717) is 34.8 Å². The molecule has 156 valence electrons. The van der Waals surface area contributed by atoms with Crippen LogP contribution in [0.15, 0.2) is 42.7 Å². The molecular weight excluding hydrogens is 396 g/mol. The molecular formula is C24H21F2N5. The molecule has 0 bridgehead atoms. The molecule has 2 heterocycles. The number of hydrogen-bond acceptors (Lipinski definition) is 5. The fourth-order valence-electron chi connectivity index (χ4n) is 4.18. The molecule has 31 heavy (non-hydrogen) atoms. The summed E-state index contributed by atoms with van der Waals surface area (Å²) < 4.78 is 28.1. The molecule has 0 fully saturated rings. The first kappa shape index (κ1) is 19.5. The molecule has 0 saturated heterocycles. The molecule has 0 aliphatic heterocycles. The molecule has 4 aromatic rings. The molecule has 1 N–H and O–H groups in total. The first-order valence-corrected chi connectivity index (χ1v) is 10.4. The van der Waals surface area contributed by atoms with Gasteiger partial charge in [-0.25, -0.2) is 28.7 Å². The van der Waals surface area contributed by atoms with Gasteiger partial charge < -0.3 is 5.32 Å². The number of benzene rings is 2. The van der Waals surface area contributed by atoms with E-state index in [2.05, 4.69) is 29.1 Å². The minimum absolute atomic E-state index is 0.216. The van der Waals surface area contributed by atoms with Crippen LogP contribution in [0.5, 0.6) is 0 Å². The minimum Gasteiger partial charge on any atom is -0.366 e. The number of fused-ring (bicyclic) bond motifs is 6. The van der Waals surface area contributed by atoms with Gasteiger partial charge in [-0.15, -0.1) is 0 Å². The molecule has 0 spiro atoms. The molecule has 5 rings (SSSR count). The van der Waals surface area contributed by atoms with Crippen LogP contribution in [0, 0.1) is 11.6 Å². The molecule has 2 aromatic heterocycles. The topological polar surface area (TPSA) is 63.6 Å². The summed E-state index contributed by atoms with van der Waals surface area (Å²) in [6.45, 7) is 4.23. The second kappa shape index (κ2) is 7.65. The van der Waals surface area contributed by atoms with Gasteiger partial charge in [0.15, 0.2) is 17.0 Å². The standard InChI is InChI=1S/C24H21F2N5/c1-3-4-13(2)29-23-22-24(28-12-27-23)31-21-19-8-6-17(26)11-15(19)9-14-10-16(25)5-7-18(14)20(21)30-22/h5-8,10-13H,3-4,9H2,1-2H3,(H,27,28,29,31). The van der Waals surface area contributed by atoms with Crippen molar-refractivity contribution in [1.82, 2.24) is 19.9 Å². The summed E-state index contributed by atoms with van der Waals surface area (Å²) in [6, 6.07) is 9.41. The van der Waals surface area contributed by atoms with Gasteiger partial charge in [0.25, 0.3) is 0 Å². The monoisotopic (exact) mass is 417 g/mol. The van der Waals surface area contributed by atoms with E-state index < -0.39 is 0 Å². The third kappa shape index (κ3) is 3.50. The molecule has 2 aromatic carbocycles. The number of aromatic nitrogens is 4. The van der Waals surface area contributed by atoms with Gasteiger partial charge >= 0.3 is 0 Å². The first-order chi connectivity index (χ1) is 15.0. The normalized spacial score (nSPS) is 13.2. The van der Waals surface area contributed by atoms with Crippen LogP contribution < -0.4 is 5.32 Å². The highest BCUT2D eigenvalue weighted by atomic mass is 19.1. The predicted molar refractivity (Wildman–Crippen MR) is 117 cm³/mol. The van der Waals surface area contributed by atoms with Crippen molar-refractivity contribution >= 4 is 17.0 Å². The van der Waals surface area contributed by atoms with E-state index in [0.717, 1.165) is 35.1 Å². The van der Waals surface area contributed by atoms with Crippen LogP contribution in [0.2, 0.25) is 0 Å². The van der Waals surface area contributed by atoms with Crippen LogP contribution in [0.3, 0.4) is 0 Å².